The number of carbonyl (C=O) groups is 1. The van der Waals surface area contributed by atoms with Gasteiger partial charge in [-0.2, -0.15) is 0 Å². The van der Waals surface area contributed by atoms with E-state index in [9.17, 15) is 9.18 Å². The van der Waals surface area contributed by atoms with Crippen LogP contribution in [0.4, 0.5) is 4.39 Å². The van der Waals surface area contributed by atoms with E-state index in [4.69, 9.17) is 9.47 Å². The molecule has 0 radical (unpaired) electrons. The van der Waals surface area contributed by atoms with Crippen LogP contribution in [-0.4, -0.2) is 30.6 Å². The van der Waals surface area contributed by atoms with Crippen molar-refractivity contribution in [3.05, 3.63) is 65.5 Å². The highest BCUT2D eigenvalue weighted by Crippen LogP contribution is 2.31. The number of nitrogens with zero attached hydrogens (tertiary/aromatic N) is 1. The van der Waals surface area contributed by atoms with E-state index in [0.717, 1.165) is 11.3 Å². The lowest BCUT2D eigenvalue weighted by Gasteiger charge is -2.22. The first-order chi connectivity index (χ1) is 12.2. The minimum absolute atomic E-state index is 0.166. The first-order valence-electron chi connectivity index (χ1n) is 8.27. The molecule has 0 saturated carbocycles. The number of halogens is 1. The number of likely N-dealkylation sites (N-methyl/N-ethyl adjacent to an activating group) is 1. The molecule has 5 heteroatoms. The monoisotopic (exact) mass is 341 g/mol. The summed E-state index contributed by atoms with van der Waals surface area (Å²) >= 11 is 0. The molecule has 0 aromatic heterocycles. The van der Waals surface area contributed by atoms with Gasteiger partial charge in [-0.25, -0.2) is 4.39 Å². The van der Waals surface area contributed by atoms with Gasteiger partial charge in [-0.3, -0.25) is 4.79 Å². The van der Waals surface area contributed by atoms with Crippen molar-refractivity contribution < 1.29 is 18.7 Å². The van der Waals surface area contributed by atoms with Crippen LogP contribution in [-0.2, 0) is 11.3 Å². The van der Waals surface area contributed by atoms with Crippen LogP contribution < -0.4 is 9.47 Å². The van der Waals surface area contributed by atoms with Crippen LogP contribution in [0.2, 0.25) is 0 Å². The molecule has 0 bridgehead atoms. The molecule has 1 aliphatic rings. The smallest absolute Gasteiger partial charge is 0.246 e. The summed E-state index contributed by atoms with van der Waals surface area (Å²) in [4.78, 5) is 14.1. The molecule has 4 nitrogen and oxygen atoms in total. The van der Waals surface area contributed by atoms with Crippen molar-refractivity contribution in [1.29, 1.82) is 0 Å². The lowest BCUT2D eigenvalue weighted by Crippen LogP contribution is -2.28. The summed E-state index contributed by atoms with van der Waals surface area (Å²) in [6, 6.07) is 12.0. The highest BCUT2D eigenvalue weighted by Gasteiger charge is 2.14. The highest BCUT2D eigenvalue weighted by atomic mass is 19.1. The topological polar surface area (TPSA) is 38.8 Å². The number of benzene rings is 2. The maximum absolute atomic E-state index is 13.6. The van der Waals surface area contributed by atoms with Gasteiger partial charge >= 0.3 is 0 Å². The maximum atomic E-state index is 13.6. The minimum Gasteiger partial charge on any atom is -0.486 e. The standard InChI is InChI=1S/C20H20FNO3/c1-2-22(20(23)10-8-16-5-3-4-6-17(16)21)14-15-7-9-18-19(13-15)25-12-11-24-18/h3-10,13H,2,11-12,14H2,1H3. The molecule has 0 fully saturated rings. The molecule has 2 aromatic rings. The van der Waals surface area contributed by atoms with Crippen molar-refractivity contribution in [3.63, 3.8) is 0 Å². The molecular weight excluding hydrogens is 321 g/mol. The third kappa shape index (κ3) is 4.18. The molecule has 0 spiro atoms. The van der Waals surface area contributed by atoms with Crippen molar-refractivity contribution in [2.75, 3.05) is 19.8 Å². The van der Waals surface area contributed by atoms with E-state index in [1.165, 1.54) is 18.2 Å². The van der Waals surface area contributed by atoms with Crippen molar-refractivity contribution in [3.8, 4) is 11.5 Å². The highest BCUT2D eigenvalue weighted by molar-refractivity contribution is 5.91. The Morgan fingerprint density at radius 2 is 1.92 bits per heavy atom. The molecule has 0 aliphatic carbocycles. The van der Waals surface area contributed by atoms with E-state index in [1.54, 1.807) is 23.1 Å². The SMILES string of the molecule is CCN(Cc1ccc2c(c1)OCCO2)C(=O)C=Cc1ccccc1F. The number of fused-ring (bicyclic) bond motifs is 1. The summed E-state index contributed by atoms with van der Waals surface area (Å²) in [6.07, 6.45) is 2.91. The number of amides is 1. The summed E-state index contributed by atoms with van der Waals surface area (Å²) < 4.78 is 24.7. The molecule has 0 N–H and O–H groups in total. The van der Waals surface area contributed by atoms with Crippen LogP contribution in [0.3, 0.4) is 0 Å². The van der Waals surface area contributed by atoms with Crippen LogP contribution in [0.5, 0.6) is 11.5 Å². The van der Waals surface area contributed by atoms with Crippen LogP contribution >= 0.6 is 0 Å². The fourth-order valence-corrected chi connectivity index (χ4v) is 2.63. The average molecular weight is 341 g/mol. The number of hydrogen-bond donors (Lipinski definition) is 0. The second-order valence-corrected chi connectivity index (χ2v) is 5.69. The van der Waals surface area contributed by atoms with Crippen molar-refractivity contribution in [2.24, 2.45) is 0 Å². The van der Waals surface area contributed by atoms with E-state index < -0.39 is 0 Å². The zero-order valence-corrected chi connectivity index (χ0v) is 14.1. The molecule has 0 saturated heterocycles. The molecule has 130 valence electrons. The van der Waals surface area contributed by atoms with Gasteiger partial charge in [0.2, 0.25) is 5.91 Å². The Balaban J connectivity index is 1.69. The Morgan fingerprint density at radius 3 is 2.68 bits per heavy atom. The predicted molar refractivity (Wildman–Crippen MR) is 94.0 cm³/mol. The van der Waals surface area contributed by atoms with Gasteiger partial charge in [-0.1, -0.05) is 24.3 Å². The Hall–Kier alpha value is -2.82. The molecule has 2 aromatic carbocycles. The molecule has 1 amide bonds. The Labute approximate surface area is 146 Å². The quantitative estimate of drug-likeness (QED) is 0.779. The van der Waals surface area contributed by atoms with Gasteiger partial charge in [0.05, 0.1) is 0 Å². The maximum Gasteiger partial charge on any atom is 0.246 e. The fraction of sp³-hybridized carbons (Fsp3) is 0.250. The van der Waals surface area contributed by atoms with Crippen LogP contribution in [0.15, 0.2) is 48.5 Å². The molecule has 0 unspecified atom stereocenters. The molecule has 1 heterocycles. The summed E-state index contributed by atoms with van der Waals surface area (Å²) in [6.45, 7) is 3.99. The Kier molecular flexibility index (Phi) is 5.33. The van der Waals surface area contributed by atoms with E-state index in [-0.39, 0.29) is 11.7 Å². The average Bonchev–Trinajstić information content (AvgIpc) is 2.65. The summed E-state index contributed by atoms with van der Waals surface area (Å²) in [5.41, 5.74) is 1.35. The van der Waals surface area contributed by atoms with Gasteiger partial charge in [0.15, 0.2) is 11.5 Å². The van der Waals surface area contributed by atoms with E-state index >= 15 is 0 Å². The van der Waals surface area contributed by atoms with Crippen LogP contribution in [0, 0.1) is 5.82 Å². The molecule has 3 rings (SSSR count). The van der Waals surface area contributed by atoms with Gasteiger partial charge in [0.25, 0.3) is 0 Å². The third-order valence-electron chi connectivity index (χ3n) is 3.98. The predicted octanol–water partition coefficient (Wildman–Crippen LogP) is 3.66. The zero-order valence-electron chi connectivity index (χ0n) is 14.1. The van der Waals surface area contributed by atoms with Crippen molar-refractivity contribution >= 4 is 12.0 Å². The lowest BCUT2D eigenvalue weighted by molar-refractivity contribution is -0.126. The summed E-state index contributed by atoms with van der Waals surface area (Å²) in [5, 5.41) is 0. The third-order valence-corrected chi connectivity index (χ3v) is 3.98. The van der Waals surface area contributed by atoms with Gasteiger partial charge in [0.1, 0.15) is 19.0 Å². The lowest BCUT2D eigenvalue weighted by atomic mass is 10.1. The minimum atomic E-state index is -0.346. The van der Waals surface area contributed by atoms with Gasteiger partial charge in [0, 0.05) is 24.7 Å². The number of rotatable bonds is 5. The second kappa shape index (κ2) is 7.83. The van der Waals surface area contributed by atoms with Crippen molar-refractivity contribution in [2.45, 2.75) is 13.5 Å². The first-order valence-corrected chi connectivity index (χ1v) is 8.27. The van der Waals surface area contributed by atoms with E-state index in [2.05, 4.69) is 0 Å². The zero-order chi connectivity index (χ0) is 17.6. The Morgan fingerprint density at radius 1 is 1.16 bits per heavy atom. The van der Waals surface area contributed by atoms with Crippen LogP contribution in [0.25, 0.3) is 6.08 Å². The molecule has 1 aliphatic heterocycles. The molecule has 25 heavy (non-hydrogen) atoms. The second-order valence-electron chi connectivity index (χ2n) is 5.69. The number of hydrogen-bond acceptors (Lipinski definition) is 3. The van der Waals surface area contributed by atoms with Gasteiger partial charge < -0.3 is 14.4 Å². The van der Waals surface area contributed by atoms with E-state index in [1.807, 2.05) is 25.1 Å². The van der Waals surface area contributed by atoms with Gasteiger partial charge in [-0.15, -0.1) is 0 Å². The summed E-state index contributed by atoms with van der Waals surface area (Å²) in [5.74, 6) is 0.917. The van der Waals surface area contributed by atoms with E-state index in [0.29, 0.717) is 37.6 Å². The fourth-order valence-electron chi connectivity index (χ4n) is 2.63. The molecule has 0 atom stereocenters. The summed E-state index contributed by atoms with van der Waals surface area (Å²) in [7, 11) is 0. The Bertz CT molecular complexity index is 788. The van der Waals surface area contributed by atoms with Gasteiger partial charge in [-0.05, 0) is 36.8 Å². The first kappa shape index (κ1) is 17.0. The normalized spacial score (nSPS) is 13.0. The van der Waals surface area contributed by atoms with Crippen LogP contribution in [0.1, 0.15) is 18.1 Å². The molecular formula is C20H20FNO3. The number of ether oxygens (including phenoxy) is 2. The van der Waals surface area contributed by atoms with Crippen molar-refractivity contribution in [1.82, 2.24) is 4.90 Å². The number of carbonyl (C=O) groups excluding carboxylic acids is 1. The largest absolute Gasteiger partial charge is 0.486 e.